The van der Waals surface area contributed by atoms with E-state index in [0.29, 0.717) is 6.04 Å². The minimum Gasteiger partial charge on any atom is -0.311 e. The second-order valence-corrected chi connectivity index (χ2v) is 4.51. The summed E-state index contributed by atoms with van der Waals surface area (Å²) in [4.78, 5) is 2.20. The van der Waals surface area contributed by atoms with E-state index in [9.17, 15) is 0 Å². The number of halogens is 1. The summed E-state index contributed by atoms with van der Waals surface area (Å²) in [5, 5.41) is 4.21. The molecule has 0 saturated carbocycles. The van der Waals surface area contributed by atoms with Crippen LogP contribution in [0.1, 0.15) is 12.5 Å². The van der Waals surface area contributed by atoms with E-state index in [1.165, 1.54) is 5.56 Å². The topological polar surface area (TPSA) is 15.3 Å². The van der Waals surface area contributed by atoms with Gasteiger partial charge in [0.15, 0.2) is 0 Å². The number of nitrogens with zero attached hydrogens (tertiary/aromatic N) is 1. The van der Waals surface area contributed by atoms with E-state index in [1.54, 1.807) is 0 Å². The van der Waals surface area contributed by atoms with E-state index in [4.69, 9.17) is 11.6 Å². The van der Waals surface area contributed by atoms with Crippen molar-refractivity contribution in [2.45, 2.75) is 19.5 Å². The molecule has 1 aromatic carbocycles. The molecule has 0 amide bonds. The van der Waals surface area contributed by atoms with E-state index in [1.807, 2.05) is 12.1 Å². The van der Waals surface area contributed by atoms with Gasteiger partial charge in [0.05, 0.1) is 0 Å². The van der Waals surface area contributed by atoms with Gasteiger partial charge in [-0.15, -0.1) is 0 Å². The van der Waals surface area contributed by atoms with Crippen LogP contribution < -0.4 is 5.32 Å². The Kier molecular flexibility index (Phi) is 5.09. The average molecular weight is 227 g/mol. The molecular formula is C12H19ClN2. The van der Waals surface area contributed by atoms with E-state index >= 15 is 0 Å². The Hall–Kier alpha value is -0.570. The van der Waals surface area contributed by atoms with Crippen molar-refractivity contribution in [1.29, 1.82) is 0 Å². The summed E-state index contributed by atoms with van der Waals surface area (Å²) in [5.74, 6) is 0. The van der Waals surface area contributed by atoms with Crippen molar-refractivity contribution in [2.24, 2.45) is 0 Å². The zero-order chi connectivity index (χ0) is 11.3. The third-order valence-corrected chi connectivity index (χ3v) is 2.82. The zero-order valence-corrected chi connectivity index (χ0v) is 10.4. The summed E-state index contributed by atoms with van der Waals surface area (Å²) in [6.45, 7) is 4.10. The van der Waals surface area contributed by atoms with Crippen LogP contribution in [0.15, 0.2) is 24.3 Å². The van der Waals surface area contributed by atoms with Crippen molar-refractivity contribution in [2.75, 3.05) is 20.6 Å². The first-order valence-corrected chi connectivity index (χ1v) is 5.59. The maximum atomic E-state index is 5.81. The minimum atomic E-state index is 0.553. The molecule has 0 aliphatic heterocycles. The fourth-order valence-electron chi connectivity index (χ4n) is 1.21. The fraction of sp³-hybridized carbons (Fsp3) is 0.500. The van der Waals surface area contributed by atoms with Gasteiger partial charge in [-0.25, -0.2) is 0 Å². The number of nitrogens with one attached hydrogen (secondary N) is 1. The number of likely N-dealkylation sites (N-methyl/N-ethyl adjacent to an activating group) is 1. The van der Waals surface area contributed by atoms with E-state index < -0.39 is 0 Å². The zero-order valence-electron chi connectivity index (χ0n) is 9.63. The summed E-state index contributed by atoms with van der Waals surface area (Å²) in [5.41, 5.74) is 1.27. The van der Waals surface area contributed by atoms with Crippen molar-refractivity contribution < 1.29 is 0 Å². The Labute approximate surface area is 97.2 Å². The maximum Gasteiger partial charge on any atom is 0.0406 e. The largest absolute Gasteiger partial charge is 0.311 e. The van der Waals surface area contributed by atoms with Crippen LogP contribution in [0.2, 0.25) is 5.02 Å². The van der Waals surface area contributed by atoms with Gasteiger partial charge < -0.3 is 10.2 Å². The van der Waals surface area contributed by atoms with Gasteiger partial charge in [0.25, 0.3) is 0 Å². The highest BCUT2D eigenvalue weighted by Gasteiger charge is 2.02. The Bertz CT molecular complexity index is 282. The first kappa shape index (κ1) is 12.5. The second-order valence-electron chi connectivity index (χ2n) is 4.07. The molecule has 84 valence electrons. The van der Waals surface area contributed by atoms with Gasteiger partial charge >= 0.3 is 0 Å². The third-order valence-electron chi connectivity index (χ3n) is 2.56. The molecule has 2 nitrogen and oxygen atoms in total. The molecule has 1 rings (SSSR count). The number of rotatable bonds is 5. The SMILES string of the molecule is CC(CNCc1ccc(Cl)cc1)N(C)C. The number of hydrogen-bond donors (Lipinski definition) is 1. The lowest BCUT2D eigenvalue weighted by atomic mass is 10.2. The second kappa shape index (κ2) is 6.11. The Balaban J connectivity index is 2.29. The quantitative estimate of drug-likeness (QED) is 0.830. The van der Waals surface area contributed by atoms with Crippen LogP contribution in [-0.2, 0) is 6.54 Å². The Morgan fingerprint density at radius 1 is 1.27 bits per heavy atom. The van der Waals surface area contributed by atoms with Gasteiger partial charge in [-0.2, -0.15) is 0 Å². The average Bonchev–Trinajstić information content (AvgIpc) is 2.20. The summed E-state index contributed by atoms with van der Waals surface area (Å²) in [6, 6.07) is 8.50. The molecule has 1 atom stereocenters. The Morgan fingerprint density at radius 2 is 1.87 bits per heavy atom. The first-order chi connectivity index (χ1) is 7.09. The first-order valence-electron chi connectivity index (χ1n) is 5.21. The van der Waals surface area contributed by atoms with Crippen LogP contribution in [0.3, 0.4) is 0 Å². The van der Waals surface area contributed by atoms with Crippen LogP contribution in [0, 0.1) is 0 Å². The van der Waals surface area contributed by atoms with Gasteiger partial charge in [-0.1, -0.05) is 23.7 Å². The summed E-state index contributed by atoms with van der Waals surface area (Å²) in [6.07, 6.45) is 0. The minimum absolute atomic E-state index is 0.553. The van der Waals surface area contributed by atoms with Crippen LogP contribution in [0.5, 0.6) is 0 Å². The molecule has 15 heavy (non-hydrogen) atoms. The number of hydrogen-bond acceptors (Lipinski definition) is 2. The standard InChI is InChI=1S/C12H19ClN2/c1-10(15(2)3)8-14-9-11-4-6-12(13)7-5-11/h4-7,10,14H,8-9H2,1-3H3. The molecule has 0 heterocycles. The van der Waals surface area contributed by atoms with Gasteiger partial charge in [0, 0.05) is 24.2 Å². The van der Waals surface area contributed by atoms with Crippen molar-refractivity contribution >= 4 is 11.6 Å². The molecule has 1 N–H and O–H groups in total. The van der Waals surface area contributed by atoms with Crippen molar-refractivity contribution in [3.63, 3.8) is 0 Å². The summed E-state index contributed by atoms with van der Waals surface area (Å²) < 4.78 is 0. The summed E-state index contributed by atoms with van der Waals surface area (Å²) in [7, 11) is 4.18. The predicted molar refractivity (Wildman–Crippen MR) is 66.3 cm³/mol. The lowest BCUT2D eigenvalue weighted by molar-refractivity contribution is 0.302. The smallest absolute Gasteiger partial charge is 0.0406 e. The molecule has 0 saturated heterocycles. The van der Waals surface area contributed by atoms with Crippen LogP contribution in [-0.4, -0.2) is 31.6 Å². The van der Waals surface area contributed by atoms with Gasteiger partial charge in [0.1, 0.15) is 0 Å². The fourth-order valence-corrected chi connectivity index (χ4v) is 1.34. The van der Waals surface area contributed by atoms with Crippen molar-refractivity contribution in [1.82, 2.24) is 10.2 Å². The molecule has 0 radical (unpaired) electrons. The van der Waals surface area contributed by atoms with E-state index in [0.717, 1.165) is 18.1 Å². The van der Waals surface area contributed by atoms with Gasteiger partial charge in [-0.3, -0.25) is 0 Å². The molecular weight excluding hydrogens is 208 g/mol. The predicted octanol–water partition coefficient (Wildman–Crippen LogP) is 2.38. The molecule has 1 aromatic rings. The van der Waals surface area contributed by atoms with Crippen LogP contribution in [0.25, 0.3) is 0 Å². The third kappa shape index (κ3) is 4.65. The highest BCUT2D eigenvalue weighted by molar-refractivity contribution is 6.30. The Morgan fingerprint density at radius 3 is 2.40 bits per heavy atom. The van der Waals surface area contributed by atoms with Gasteiger partial charge in [0.2, 0.25) is 0 Å². The van der Waals surface area contributed by atoms with E-state index in [2.05, 4.69) is 43.4 Å². The lowest BCUT2D eigenvalue weighted by Gasteiger charge is -2.20. The highest BCUT2D eigenvalue weighted by Crippen LogP contribution is 2.09. The lowest BCUT2D eigenvalue weighted by Crippen LogP contribution is -2.35. The molecule has 0 aliphatic carbocycles. The molecule has 0 aromatic heterocycles. The maximum absolute atomic E-state index is 5.81. The number of benzene rings is 1. The highest BCUT2D eigenvalue weighted by atomic mass is 35.5. The molecule has 0 spiro atoms. The molecule has 3 heteroatoms. The summed E-state index contributed by atoms with van der Waals surface area (Å²) >= 11 is 5.81. The van der Waals surface area contributed by atoms with Crippen molar-refractivity contribution in [3.8, 4) is 0 Å². The van der Waals surface area contributed by atoms with Gasteiger partial charge in [-0.05, 0) is 38.7 Å². The molecule has 1 unspecified atom stereocenters. The monoisotopic (exact) mass is 226 g/mol. The van der Waals surface area contributed by atoms with Crippen molar-refractivity contribution in [3.05, 3.63) is 34.9 Å². The van der Waals surface area contributed by atoms with E-state index in [-0.39, 0.29) is 0 Å². The van der Waals surface area contributed by atoms with Crippen LogP contribution >= 0.6 is 11.6 Å². The normalized spacial score (nSPS) is 13.1. The van der Waals surface area contributed by atoms with Crippen LogP contribution in [0.4, 0.5) is 0 Å². The molecule has 0 aliphatic rings. The molecule has 0 bridgehead atoms. The molecule has 0 fully saturated rings.